The van der Waals surface area contributed by atoms with Gasteiger partial charge in [-0.1, -0.05) is 299 Å². The number of hydrogen-bond donors (Lipinski definition) is 6. The summed E-state index contributed by atoms with van der Waals surface area (Å²) in [5.74, 6) is -0.182. The molecule has 1 aliphatic heterocycles. The molecule has 1 amide bonds. The van der Waals surface area contributed by atoms with Crippen molar-refractivity contribution >= 4 is 5.91 Å². The molecular weight excluding hydrogens is 971 g/mol. The Labute approximate surface area is 481 Å². The van der Waals surface area contributed by atoms with Gasteiger partial charge in [0.2, 0.25) is 5.91 Å². The summed E-state index contributed by atoms with van der Waals surface area (Å²) in [7, 11) is 0. The number of allylic oxidation sites excluding steroid dienone is 9. The Morgan fingerprint density at radius 2 is 0.769 bits per heavy atom. The topological polar surface area (TPSA) is 149 Å². The monoisotopic (exact) mass is 1100 g/mol. The molecule has 78 heavy (non-hydrogen) atoms. The second-order valence-electron chi connectivity index (χ2n) is 23.3. The quantitative estimate of drug-likeness (QED) is 0.0261. The Kier molecular flexibility index (Phi) is 55.0. The highest BCUT2D eigenvalue weighted by molar-refractivity contribution is 5.76. The van der Waals surface area contributed by atoms with E-state index in [4.69, 9.17) is 9.47 Å². The number of aliphatic hydroxyl groups excluding tert-OH is 5. The van der Waals surface area contributed by atoms with Crippen LogP contribution in [0.5, 0.6) is 0 Å². The van der Waals surface area contributed by atoms with Crippen molar-refractivity contribution in [2.45, 2.75) is 358 Å². The zero-order chi connectivity index (χ0) is 56.5. The molecule has 0 aromatic heterocycles. The van der Waals surface area contributed by atoms with Gasteiger partial charge in [0.15, 0.2) is 6.29 Å². The highest BCUT2D eigenvalue weighted by Gasteiger charge is 2.44. The van der Waals surface area contributed by atoms with Crippen molar-refractivity contribution < 1.29 is 39.8 Å². The number of unbranched alkanes of at least 4 members (excludes halogenated alkanes) is 40. The minimum absolute atomic E-state index is 0.182. The molecule has 1 saturated heterocycles. The lowest BCUT2D eigenvalue weighted by Gasteiger charge is -2.40. The number of hydrogen-bond acceptors (Lipinski definition) is 8. The highest BCUT2D eigenvalue weighted by Crippen LogP contribution is 2.23. The first-order valence-electron chi connectivity index (χ1n) is 33.5. The van der Waals surface area contributed by atoms with E-state index in [2.05, 4.69) is 67.8 Å². The summed E-state index contributed by atoms with van der Waals surface area (Å²) in [6.45, 7) is 3.77. The summed E-state index contributed by atoms with van der Waals surface area (Å²) in [4.78, 5) is 13.1. The molecular formula is C69H127NO8. The summed E-state index contributed by atoms with van der Waals surface area (Å²) >= 11 is 0. The average molecular weight is 1100 g/mol. The molecule has 1 rings (SSSR count). The van der Waals surface area contributed by atoms with Gasteiger partial charge in [-0.2, -0.15) is 0 Å². The van der Waals surface area contributed by atoms with Crippen LogP contribution in [0.15, 0.2) is 60.8 Å². The van der Waals surface area contributed by atoms with Gasteiger partial charge in [0, 0.05) is 6.42 Å². The number of ether oxygens (including phenoxy) is 2. The zero-order valence-corrected chi connectivity index (χ0v) is 50.9. The van der Waals surface area contributed by atoms with Crippen LogP contribution in [0, 0.1) is 0 Å². The van der Waals surface area contributed by atoms with E-state index < -0.39 is 49.5 Å². The van der Waals surface area contributed by atoms with Crippen molar-refractivity contribution in [3.05, 3.63) is 60.8 Å². The molecule has 7 unspecified atom stereocenters. The summed E-state index contributed by atoms with van der Waals surface area (Å²) in [5, 5.41) is 54.5. The maximum absolute atomic E-state index is 13.1. The Morgan fingerprint density at radius 1 is 0.436 bits per heavy atom. The summed E-state index contributed by atoms with van der Waals surface area (Å²) in [6, 6.07) is -0.822. The molecule has 0 bridgehead atoms. The van der Waals surface area contributed by atoms with Crippen LogP contribution in [-0.2, 0) is 14.3 Å². The molecule has 7 atom stereocenters. The number of rotatable bonds is 58. The van der Waals surface area contributed by atoms with Crippen molar-refractivity contribution in [1.82, 2.24) is 5.32 Å². The van der Waals surface area contributed by atoms with E-state index in [-0.39, 0.29) is 12.5 Å². The lowest BCUT2D eigenvalue weighted by atomic mass is 9.99. The van der Waals surface area contributed by atoms with E-state index in [0.717, 1.165) is 51.4 Å². The van der Waals surface area contributed by atoms with Gasteiger partial charge in [-0.15, -0.1) is 0 Å². The highest BCUT2D eigenvalue weighted by atomic mass is 16.7. The molecule has 9 nitrogen and oxygen atoms in total. The molecule has 0 aromatic carbocycles. The van der Waals surface area contributed by atoms with E-state index in [1.807, 2.05) is 6.08 Å². The third-order valence-corrected chi connectivity index (χ3v) is 15.8. The van der Waals surface area contributed by atoms with Gasteiger partial charge in [0.25, 0.3) is 0 Å². The molecule has 6 N–H and O–H groups in total. The van der Waals surface area contributed by atoms with Gasteiger partial charge in [-0.25, -0.2) is 0 Å². The lowest BCUT2D eigenvalue weighted by molar-refractivity contribution is -0.302. The Hall–Kier alpha value is -2.11. The van der Waals surface area contributed by atoms with Crippen LogP contribution in [0.2, 0.25) is 0 Å². The third kappa shape index (κ3) is 46.5. The first-order valence-corrected chi connectivity index (χ1v) is 33.5. The predicted octanol–water partition coefficient (Wildman–Crippen LogP) is 17.8. The van der Waals surface area contributed by atoms with Crippen molar-refractivity contribution in [2.75, 3.05) is 13.2 Å². The third-order valence-electron chi connectivity index (χ3n) is 15.8. The van der Waals surface area contributed by atoms with Crippen molar-refractivity contribution in [3.63, 3.8) is 0 Å². The minimum atomic E-state index is -1.57. The van der Waals surface area contributed by atoms with Crippen LogP contribution >= 0.6 is 0 Å². The van der Waals surface area contributed by atoms with Gasteiger partial charge < -0.3 is 40.3 Å². The number of nitrogens with one attached hydrogen (secondary N) is 1. The van der Waals surface area contributed by atoms with Crippen LogP contribution in [0.25, 0.3) is 0 Å². The Morgan fingerprint density at radius 3 is 1.17 bits per heavy atom. The minimum Gasteiger partial charge on any atom is -0.394 e. The molecule has 0 aromatic rings. The van der Waals surface area contributed by atoms with Crippen molar-refractivity contribution in [3.8, 4) is 0 Å². The van der Waals surface area contributed by atoms with E-state index in [0.29, 0.717) is 6.42 Å². The average Bonchev–Trinajstić information content (AvgIpc) is 3.45. The number of aliphatic hydroxyl groups is 5. The summed E-state index contributed by atoms with van der Waals surface area (Å²) in [6.07, 6.45) is 73.3. The van der Waals surface area contributed by atoms with E-state index in [9.17, 15) is 30.3 Å². The van der Waals surface area contributed by atoms with E-state index in [1.54, 1.807) is 6.08 Å². The van der Waals surface area contributed by atoms with Gasteiger partial charge in [0.05, 0.1) is 25.4 Å². The standard InChI is InChI=1S/C69H127NO8/c1-3-5-7-9-11-13-15-17-19-21-22-23-24-25-26-27-28-29-30-31-32-33-34-35-36-37-38-39-40-41-42-43-45-47-49-51-53-55-57-59-65(73)70-62(61-77-69-68(76)67(75)66(74)64(60-71)78-69)63(72)58-56-54-52-50-48-46-44-20-18-16-14-12-10-8-6-4-2/h15,17,21-22,24-25,48,50,56,58,62-64,66-69,71-72,74-76H,3-14,16,18-20,23,26-47,49,51-55,57,59-61H2,1-2H3,(H,70,73)/b17-15-,22-21-,25-24-,50-48+,58-56+. The fraction of sp³-hybridized carbons (Fsp3) is 0.841. The second kappa shape index (κ2) is 58.1. The molecule has 0 saturated carbocycles. The SMILES string of the molecule is CCCCCCC/C=C\C/C=C\C/C=C\CCCCCCCCCCCCCCCCCCCCCCCCCCC(=O)NC(COC1OC(CO)C(O)C(O)C1O)C(O)/C=C/CC/C=C/CCCCCCCCCCCC. The van der Waals surface area contributed by atoms with Crippen LogP contribution < -0.4 is 5.32 Å². The molecule has 0 aliphatic carbocycles. The number of carbonyl (C=O) groups excluding carboxylic acids is 1. The molecule has 9 heteroatoms. The maximum atomic E-state index is 13.1. The van der Waals surface area contributed by atoms with Crippen LogP contribution in [0.4, 0.5) is 0 Å². The fourth-order valence-electron chi connectivity index (χ4n) is 10.5. The summed E-state index contributed by atoms with van der Waals surface area (Å²) < 4.78 is 11.3. The lowest BCUT2D eigenvalue weighted by Crippen LogP contribution is -2.60. The van der Waals surface area contributed by atoms with Crippen LogP contribution in [0.3, 0.4) is 0 Å². The fourth-order valence-corrected chi connectivity index (χ4v) is 10.5. The molecule has 1 fully saturated rings. The summed E-state index contributed by atoms with van der Waals surface area (Å²) in [5.41, 5.74) is 0. The smallest absolute Gasteiger partial charge is 0.220 e. The number of carbonyl (C=O) groups is 1. The van der Waals surface area contributed by atoms with Gasteiger partial charge in [-0.05, 0) is 70.6 Å². The molecule has 1 aliphatic rings. The molecule has 1 heterocycles. The number of amides is 1. The van der Waals surface area contributed by atoms with Crippen LogP contribution in [0.1, 0.15) is 316 Å². The van der Waals surface area contributed by atoms with E-state index >= 15 is 0 Å². The Bertz CT molecular complexity index is 1410. The predicted molar refractivity (Wildman–Crippen MR) is 332 cm³/mol. The zero-order valence-electron chi connectivity index (χ0n) is 50.9. The molecule has 0 spiro atoms. The second-order valence-corrected chi connectivity index (χ2v) is 23.3. The van der Waals surface area contributed by atoms with Crippen molar-refractivity contribution in [2.24, 2.45) is 0 Å². The molecule has 0 radical (unpaired) electrons. The van der Waals surface area contributed by atoms with Crippen molar-refractivity contribution in [1.29, 1.82) is 0 Å². The van der Waals surface area contributed by atoms with Gasteiger partial charge >= 0.3 is 0 Å². The van der Waals surface area contributed by atoms with Crippen LogP contribution in [-0.4, -0.2) is 87.5 Å². The Balaban J connectivity index is 2.06. The normalized spacial score (nSPS) is 19.0. The van der Waals surface area contributed by atoms with Gasteiger partial charge in [0.1, 0.15) is 24.4 Å². The van der Waals surface area contributed by atoms with Gasteiger partial charge in [-0.3, -0.25) is 4.79 Å². The van der Waals surface area contributed by atoms with E-state index in [1.165, 1.54) is 244 Å². The largest absolute Gasteiger partial charge is 0.394 e. The first-order chi connectivity index (χ1) is 38.3. The molecule has 456 valence electrons. The first kappa shape index (κ1) is 73.9. The maximum Gasteiger partial charge on any atom is 0.220 e.